The summed E-state index contributed by atoms with van der Waals surface area (Å²) in [5.41, 5.74) is 1.93. The Balaban J connectivity index is 2.22. The van der Waals surface area contributed by atoms with E-state index in [1.165, 1.54) is 31.3 Å². The van der Waals surface area contributed by atoms with Gasteiger partial charge in [-0.25, -0.2) is 0 Å². The highest BCUT2D eigenvalue weighted by Crippen LogP contribution is 2.47. The molecule has 0 bridgehead atoms. The smallest absolute Gasteiger partial charge is 0.123 e. The van der Waals surface area contributed by atoms with Gasteiger partial charge < -0.3 is 15.3 Å². The molecule has 0 fully saturated rings. The van der Waals surface area contributed by atoms with Gasteiger partial charge in [0.05, 0.1) is 5.60 Å². The Morgan fingerprint density at radius 2 is 1.65 bits per heavy atom. The Morgan fingerprint density at radius 1 is 1.04 bits per heavy atom. The molecule has 3 nitrogen and oxygen atoms in total. The lowest BCUT2D eigenvalue weighted by molar-refractivity contribution is 0.00421. The summed E-state index contributed by atoms with van der Waals surface area (Å²) >= 11 is 0. The molecular formula is C23H36O3. The van der Waals surface area contributed by atoms with Gasteiger partial charge in [0.2, 0.25) is 0 Å². The molecule has 26 heavy (non-hydrogen) atoms. The second-order valence-corrected chi connectivity index (χ2v) is 8.55. The van der Waals surface area contributed by atoms with Crippen LogP contribution < -0.4 is 0 Å². The first-order valence-electron chi connectivity index (χ1n) is 10.2. The van der Waals surface area contributed by atoms with Crippen LogP contribution in [0.4, 0.5) is 0 Å². The monoisotopic (exact) mass is 360 g/mol. The predicted octanol–water partition coefficient (Wildman–Crippen LogP) is 5.82. The number of phenols is 2. The zero-order chi connectivity index (χ0) is 19.3. The van der Waals surface area contributed by atoms with Gasteiger partial charge in [0.15, 0.2) is 0 Å². The number of aromatic hydroxyl groups is 2. The molecule has 1 aromatic rings. The van der Waals surface area contributed by atoms with Crippen LogP contribution in [0, 0.1) is 5.92 Å². The van der Waals surface area contributed by atoms with Gasteiger partial charge in [-0.2, -0.15) is 0 Å². The molecule has 0 amide bonds. The fourth-order valence-corrected chi connectivity index (χ4v) is 4.24. The van der Waals surface area contributed by atoms with Crippen LogP contribution >= 0.6 is 0 Å². The van der Waals surface area contributed by atoms with Gasteiger partial charge in [0, 0.05) is 11.5 Å². The summed E-state index contributed by atoms with van der Waals surface area (Å²) in [5, 5.41) is 31.9. The van der Waals surface area contributed by atoms with Crippen LogP contribution in [0.3, 0.4) is 0 Å². The van der Waals surface area contributed by atoms with Crippen LogP contribution in [0.15, 0.2) is 23.8 Å². The van der Waals surface area contributed by atoms with Gasteiger partial charge in [-0.05, 0) is 70.1 Å². The Labute approximate surface area is 158 Å². The molecule has 3 heteroatoms. The number of benzene rings is 1. The maximum absolute atomic E-state index is 10.7. The van der Waals surface area contributed by atoms with Crippen molar-refractivity contribution in [1.82, 2.24) is 0 Å². The Hall–Kier alpha value is -1.48. The lowest BCUT2D eigenvalue weighted by Gasteiger charge is -2.38. The molecule has 0 radical (unpaired) electrons. The Morgan fingerprint density at radius 3 is 2.23 bits per heavy atom. The van der Waals surface area contributed by atoms with E-state index in [0.717, 1.165) is 31.2 Å². The number of phenolic OH excluding ortho intramolecular Hbond substituents is 2. The quantitative estimate of drug-likeness (QED) is 0.404. The standard InChI is InChI=1S/C23H36O3/c1-5-6-7-8-9-10-17-14-20(24)22(21(25)15-17)18-13-16(2)11-12-19(18)23(3,4)26/h13-15,18-19,24-26H,5-12H2,1-4H3. The number of hydrogen-bond donors (Lipinski definition) is 3. The van der Waals surface area contributed by atoms with Crippen molar-refractivity contribution < 1.29 is 15.3 Å². The third-order valence-corrected chi connectivity index (χ3v) is 5.75. The number of allylic oxidation sites excluding steroid dienone is 2. The van der Waals surface area contributed by atoms with E-state index in [4.69, 9.17) is 0 Å². The summed E-state index contributed by atoms with van der Waals surface area (Å²) in [4.78, 5) is 0. The normalized spacial score (nSPS) is 20.9. The van der Waals surface area contributed by atoms with Crippen molar-refractivity contribution in [2.45, 2.75) is 90.6 Å². The maximum Gasteiger partial charge on any atom is 0.123 e. The number of aliphatic hydroxyl groups is 1. The van der Waals surface area contributed by atoms with Crippen molar-refractivity contribution >= 4 is 0 Å². The lowest BCUT2D eigenvalue weighted by atomic mass is 9.69. The molecule has 1 aliphatic rings. The van der Waals surface area contributed by atoms with E-state index in [1.54, 1.807) is 12.1 Å². The number of unbranched alkanes of at least 4 members (excludes halogenated alkanes) is 4. The number of hydrogen-bond acceptors (Lipinski definition) is 3. The molecule has 2 rings (SSSR count). The van der Waals surface area contributed by atoms with E-state index >= 15 is 0 Å². The summed E-state index contributed by atoms with van der Waals surface area (Å²) in [5.74, 6) is 0.114. The molecule has 0 saturated carbocycles. The van der Waals surface area contributed by atoms with E-state index in [1.807, 2.05) is 13.8 Å². The second-order valence-electron chi connectivity index (χ2n) is 8.55. The minimum Gasteiger partial charge on any atom is -0.507 e. The Bertz CT molecular complexity index is 602. The summed E-state index contributed by atoms with van der Waals surface area (Å²) in [6, 6.07) is 3.60. The van der Waals surface area contributed by atoms with Gasteiger partial charge in [0.1, 0.15) is 11.5 Å². The van der Waals surface area contributed by atoms with Gasteiger partial charge in [-0.1, -0.05) is 44.3 Å². The fraction of sp³-hybridized carbons (Fsp3) is 0.652. The van der Waals surface area contributed by atoms with E-state index in [2.05, 4.69) is 19.9 Å². The highest BCUT2D eigenvalue weighted by Gasteiger charge is 2.38. The zero-order valence-corrected chi connectivity index (χ0v) is 16.9. The van der Waals surface area contributed by atoms with Crippen molar-refractivity contribution in [2.24, 2.45) is 5.92 Å². The molecular weight excluding hydrogens is 324 g/mol. The number of aryl methyl sites for hydroxylation is 1. The molecule has 1 aliphatic carbocycles. The topological polar surface area (TPSA) is 60.7 Å². The van der Waals surface area contributed by atoms with Crippen molar-refractivity contribution in [3.63, 3.8) is 0 Å². The van der Waals surface area contributed by atoms with E-state index in [0.29, 0.717) is 5.56 Å². The van der Waals surface area contributed by atoms with Gasteiger partial charge in [-0.15, -0.1) is 0 Å². The van der Waals surface area contributed by atoms with Crippen molar-refractivity contribution in [3.05, 3.63) is 34.9 Å². The first-order valence-corrected chi connectivity index (χ1v) is 10.2. The molecule has 1 aromatic carbocycles. The minimum atomic E-state index is -0.862. The third kappa shape index (κ3) is 5.26. The second kappa shape index (κ2) is 8.94. The first-order chi connectivity index (χ1) is 12.2. The molecule has 2 unspecified atom stereocenters. The van der Waals surface area contributed by atoms with E-state index in [-0.39, 0.29) is 23.3 Å². The number of rotatable bonds is 8. The van der Waals surface area contributed by atoms with Gasteiger partial charge >= 0.3 is 0 Å². The average Bonchev–Trinajstić information content (AvgIpc) is 2.53. The van der Waals surface area contributed by atoms with Crippen molar-refractivity contribution in [3.8, 4) is 11.5 Å². The summed E-state index contributed by atoms with van der Waals surface area (Å²) < 4.78 is 0. The molecule has 0 saturated heterocycles. The van der Waals surface area contributed by atoms with Crippen LogP contribution in [0.2, 0.25) is 0 Å². The lowest BCUT2D eigenvalue weighted by Crippen LogP contribution is -2.36. The molecule has 0 aliphatic heterocycles. The molecule has 2 atom stereocenters. The highest BCUT2D eigenvalue weighted by atomic mass is 16.3. The minimum absolute atomic E-state index is 0.0251. The first kappa shape index (κ1) is 20.8. The van der Waals surface area contributed by atoms with Crippen molar-refractivity contribution in [2.75, 3.05) is 0 Å². The van der Waals surface area contributed by atoms with Gasteiger partial charge in [0.25, 0.3) is 0 Å². The fourth-order valence-electron chi connectivity index (χ4n) is 4.24. The molecule has 0 aromatic heterocycles. The summed E-state index contributed by atoms with van der Waals surface area (Å²) in [6.45, 7) is 7.92. The molecule has 146 valence electrons. The van der Waals surface area contributed by atoms with Crippen LogP contribution in [-0.4, -0.2) is 20.9 Å². The average molecular weight is 361 g/mol. The van der Waals surface area contributed by atoms with Crippen LogP contribution in [0.5, 0.6) is 11.5 Å². The van der Waals surface area contributed by atoms with E-state index < -0.39 is 5.60 Å². The van der Waals surface area contributed by atoms with Crippen LogP contribution in [0.25, 0.3) is 0 Å². The van der Waals surface area contributed by atoms with Crippen LogP contribution in [-0.2, 0) is 6.42 Å². The highest BCUT2D eigenvalue weighted by molar-refractivity contribution is 5.51. The van der Waals surface area contributed by atoms with Crippen LogP contribution in [0.1, 0.15) is 89.7 Å². The zero-order valence-electron chi connectivity index (χ0n) is 16.9. The molecule has 3 N–H and O–H groups in total. The predicted molar refractivity (Wildman–Crippen MR) is 108 cm³/mol. The Kier molecular flexibility index (Phi) is 7.16. The molecule has 0 heterocycles. The van der Waals surface area contributed by atoms with Gasteiger partial charge in [-0.3, -0.25) is 0 Å². The SMILES string of the molecule is CCCCCCCc1cc(O)c(C2C=C(C)CCC2C(C)(C)O)c(O)c1. The van der Waals surface area contributed by atoms with E-state index in [9.17, 15) is 15.3 Å². The van der Waals surface area contributed by atoms with Crippen molar-refractivity contribution in [1.29, 1.82) is 0 Å². The largest absolute Gasteiger partial charge is 0.507 e. The summed E-state index contributed by atoms with van der Waals surface area (Å²) in [7, 11) is 0. The molecule has 0 spiro atoms. The maximum atomic E-state index is 10.7. The summed E-state index contributed by atoms with van der Waals surface area (Å²) in [6.07, 6.45) is 10.8. The third-order valence-electron chi connectivity index (χ3n) is 5.75.